The normalized spacial score (nSPS) is 10.7. The van der Waals surface area contributed by atoms with E-state index in [0.29, 0.717) is 0 Å². The first-order valence-electron chi connectivity index (χ1n) is 7.07. The highest BCUT2D eigenvalue weighted by molar-refractivity contribution is 5.81. The molecule has 0 saturated heterocycles. The van der Waals surface area contributed by atoms with Crippen LogP contribution < -0.4 is 5.32 Å². The molecular formula is C18H18N2. The highest BCUT2D eigenvalue weighted by atomic mass is 14.9. The molecule has 20 heavy (non-hydrogen) atoms. The average molecular weight is 262 g/mol. The van der Waals surface area contributed by atoms with Crippen LogP contribution in [0.2, 0.25) is 0 Å². The van der Waals surface area contributed by atoms with Gasteiger partial charge in [0, 0.05) is 23.2 Å². The standard InChI is InChI=1S/C18H18N2/c1-2-13-19-16-10-7-15(8-11-16)18-12-9-14-5-3-4-6-17(14)20-18/h3-12,19H,2,13H2,1H3. The van der Waals surface area contributed by atoms with Crippen LogP contribution in [0.4, 0.5) is 5.69 Å². The van der Waals surface area contributed by atoms with Gasteiger partial charge in [-0.1, -0.05) is 43.3 Å². The van der Waals surface area contributed by atoms with Crippen molar-refractivity contribution in [1.29, 1.82) is 0 Å². The molecule has 0 fully saturated rings. The van der Waals surface area contributed by atoms with E-state index in [9.17, 15) is 0 Å². The molecule has 0 aliphatic carbocycles. The fourth-order valence-electron chi connectivity index (χ4n) is 2.25. The Balaban J connectivity index is 1.90. The van der Waals surface area contributed by atoms with Crippen LogP contribution in [-0.4, -0.2) is 11.5 Å². The molecule has 0 aliphatic rings. The first-order chi connectivity index (χ1) is 9.86. The van der Waals surface area contributed by atoms with Gasteiger partial charge < -0.3 is 5.32 Å². The number of hydrogen-bond acceptors (Lipinski definition) is 2. The summed E-state index contributed by atoms with van der Waals surface area (Å²) >= 11 is 0. The van der Waals surface area contributed by atoms with E-state index in [1.165, 1.54) is 5.39 Å². The molecule has 2 nitrogen and oxygen atoms in total. The van der Waals surface area contributed by atoms with Gasteiger partial charge in [0.05, 0.1) is 11.2 Å². The number of para-hydroxylation sites is 1. The minimum absolute atomic E-state index is 1.01. The topological polar surface area (TPSA) is 24.9 Å². The second-order valence-corrected chi connectivity index (χ2v) is 4.89. The Morgan fingerprint density at radius 2 is 1.70 bits per heavy atom. The summed E-state index contributed by atoms with van der Waals surface area (Å²) in [6, 6.07) is 20.9. The minimum atomic E-state index is 1.01. The summed E-state index contributed by atoms with van der Waals surface area (Å²) in [6.45, 7) is 3.17. The van der Waals surface area contributed by atoms with E-state index in [2.05, 4.69) is 60.8 Å². The van der Waals surface area contributed by atoms with Crippen LogP contribution >= 0.6 is 0 Å². The molecule has 1 N–H and O–H groups in total. The van der Waals surface area contributed by atoms with E-state index in [0.717, 1.165) is 35.4 Å². The molecule has 2 aromatic carbocycles. The zero-order valence-corrected chi connectivity index (χ0v) is 11.6. The maximum atomic E-state index is 4.72. The molecule has 3 aromatic rings. The SMILES string of the molecule is CCCNc1ccc(-c2ccc3ccccc3n2)cc1. The number of hydrogen-bond donors (Lipinski definition) is 1. The van der Waals surface area contributed by atoms with Gasteiger partial charge in [0.15, 0.2) is 0 Å². The molecule has 100 valence electrons. The monoisotopic (exact) mass is 262 g/mol. The highest BCUT2D eigenvalue weighted by Gasteiger charge is 2.01. The molecule has 0 saturated carbocycles. The van der Waals surface area contributed by atoms with Gasteiger partial charge in [0.2, 0.25) is 0 Å². The largest absolute Gasteiger partial charge is 0.385 e. The Bertz CT molecular complexity index is 702. The number of aromatic nitrogens is 1. The van der Waals surface area contributed by atoms with Gasteiger partial charge >= 0.3 is 0 Å². The molecule has 0 radical (unpaired) electrons. The van der Waals surface area contributed by atoms with Crippen molar-refractivity contribution in [2.75, 3.05) is 11.9 Å². The molecule has 1 heterocycles. The van der Waals surface area contributed by atoms with E-state index in [1.807, 2.05) is 12.1 Å². The zero-order valence-electron chi connectivity index (χ0n) is 11.6. The smallest absolute Gasteiger partial charge is 0.0709 e. The Kier molecular flexibility index (Phi) is 3.64. The third-order valence-electron chi connectivity index (χ3n) is 3.36. The predicted octanol–water partition coefficient (Wildman–Crippen LogP) is 4.72. The number of benzene rings is 2. The first-order valence-corrected chi connectivity index (χ1v) is 7.07. The fourth-order valence-corrected chi connectivity index (χ4v) is 2.25. The zero-order chi connectivity index (χ0) is 13.8. The van der Waals surface area contributed by atoms with Crippen molar-refractivity contribution in [2.45, 2.75) is 13.3 Å². The molecule has 0 unspecified atom stereocenters. The van der Waals surface area contributed by atoms with Gasteiger partial charge in [-0.15, -0.1) is 0 Å². The van der Waals surface area contributed by atoms with E-state index in [1.54, 1.807) is 0 Å². The Hall–Kier alpha value is -2.35. The summed E-state index contributed by atoms with van der Waals surface area (Å²) < 4.78 is 0. The third kappa shape index (κ3) is 2.64. The molecule has 0 atom stereocenters. The lowest BCUT2D eigenvalue weighted by Crippen LogP contribution is -1.98. The second kappa shape index (κ2) is 5.74. The van der Waals surface area contributed by atoms with Crippen molar-refractivity contribution in [2.24, 2.45) is 0 Å². The van der Waals surface area contributed by atoms with Gasteiger partial charge in [-0.25, -0.2) is 4.98 Å². The lowest BCUT2D eigenvalue weighted by atomic mass is 10.1. The van der Waals surface area contributed by atoms with Crippen LogP contribution in [-0.2, 0) is 0 Å². The van der Waals surface area contributed by atoms with Crippen molar-refractivity contribution in [3.8, 4) is 11.3 Å². The molecule has 1 aromatic heterocycles. The molecule has 3 rings (SSSR count). The quantitative estimate of drug-likeness (QED) is 0.735. The van der Waals surface area contributed by atoms with Gasteiger partial charge in [-0.2, -0.15) is 0 Å². The van der Waals surface area contributed by atoms with Crippen LogP contribution in [0.15, 0.2) is 60.7 Å². The van der Waals surface area contributed by atoms with Gasteiger partial charge in [-0.3, -0.25) is 0 Å². The van der Waals surface area contributed by atoms with Crippen LogP contribution in [0.25, 0.3) is 22.2 Å². The summed E-state index contributed by atoms with van der Waals surface area (Å²) in [5.41, 5.74) is 4.37. The fraction of sp³-hybridized carbons (Fsp3) is 0.167. The third-order valence-corrected chi connectivity index (χ3v) is 3.36. The predicted molar refractivity (Wildman–Crippen MR) is 86.0 cm³/mol. The summed E-state index contributed by atoms with van der Waals surface area (Å²) in [4.78, 5) is 4.72. The summed E-state index contributed by atoms with van der Waals surface area (Å²) in [6.07, 6.45) is 1.13. The van der Waals surface area contributed by atoms with Crippen molar-refractivity contribution >= 4 is 16.6 Å². The maximum Gasteiger partial charge on any atom is 0.0709 e. The van der Waals surface area contributed by atoms with Crippen LogP contribution in [0, 0.1) is 0 Å². The number of pyridine rings is 1. The summed E-state index contributed by atoms with van der Waals surface area (Å²) in [5, 5.41) is 4.56. The van der Waals surface area contributed by atoms with E-state index in [-0.39, 0.29) is 0 Å². The van der Waals surface area contributed by atoms with Gasteiger partial charge in [0.25, 0.3) is 0 Å². The summed E-state index contributed by atoms with van der Waals surface area (Å²) in [5.74, 6) is 0. The van der Waals surface area contributed by atoms with Crippen molar-refractivity contribution in [3.05, 3.63) is 60.7 Å². The van der Waals surface area contributed by atoms with Crippen LogP contribution in [0.1, 0.15) is 13.3 Å². The lowest BCUT2D eigenvalue weighted by molar-refractivity contribution is 0.980. The minimum Gasteiger partial charge on any atom is -0.385 e. The Morgan fingerprint density at radius 1 is 0.900 bits per heavy atom. The number of nitrogens with one attached hydrogen (secondary N) is 1. The van der Waals surface area contributed by atoms with Gasteiger partial charge in [0.1, 0.15) is 0 Å². The number of fused-ring (bicyclic) bond motifs is 1. The van der Waals surface area contributed by atoms with Crippen LogP contribution in [0.5, 0.6) is 0 Å². The van der Waals surface area contributed by atoms with E-state index in [4.69, 9.17) is 4.98 Å². The van der Waals surface area contributed by atoms with Crippen molar-refractivity contribution in [1.82, 2.24) is 4.98 Å². The molecule has 0 amide bonds. The molecule has 0 bridgehead atoms. The van der Waals surface area contributed by atoms with Crippen molar-refractivity contribution < 1.29 is 0 Å². The first kappa shape index (κ1) is 12.7. The number of rotatable bonds is 4. The lowest BCUT2D eigenvalue weighted by Gasteiger charge is -2.07. The van der Waals surface area contributed by atoms with Crippen LogP contribution in [0.3, 0.4) is 0 Å². The van der Waals surface area contributed by atoms with E-state index < -0.39 is 0 Å². The maximum absolute atomic E-state index is 4.72. The highest BCUT2D eigenvalue weighted by Crippen LogP contribution is 2.22. The molecule has 0 aliphatic heterocycles. The second-order valence-electron chi connectivity index (χ2n) is 4.89. The molecule has 0 spiro atoms. The van der Waals surface area contributed by atoms with Gasteiger partial charge in [-0.05, 0) is 30.7 Å². The summed E-state index contributed by atoms with van der Waals surface area (Å²) in [7, 11) is 0. The molecular weight excluding hydrogens is 244 g/mol. The van der Waals surface area contributed by atoms with Crippen molar-refractivity contribution in [3.63, 3.8) is 0 Å². The number of anilines is 1. The average Bonchev–Trinajstić information content (AvgIpc) is 2.53. The molecule has 2 heteroatoms. The Labute approximate surface area is 119 Å². The van der Waals surface area contributed by atoms with E-state index >= 15 is 0 Å². The number of nitrogens with zero attached hydrogens (tertiary/aromatic N) is 1. The Morgan fingerprint density at radius 3 is 2.50 bits per heavy atom.